The zero-order valence-corrected chi connectivity index (χ0v) is 12.8. The van der Waals surface area contributed by atoms with E-state index in [2.05, 4.69) is 6.92 Å². The first-order valence-electron chi connectivity index (χ1n) is 6.97. The molecule has 0 spiro atoms. The molecule has 2 rings (SSSR count). The Bertz CT molecular complexity index is 564. The predicted octanol–water partition coefficient (Wildman–Crippen LogP) is 2.09. The van der Waals surface area contributed by atoms with Gasteiger partial charge in [0, 0.05) is 13.1 Å². The number of rotatable bonds is 4. The molecule has 0 aromatic heterocycles. The van der Waals surface area contributed by atoms with Gasteiger partial charge >= 0.3 is 0 Å². The number of hydrogen-bond acceptors (Lipinski definition) is 4. The van der Waals surface area contributed by atoms with Crippen molar-refractivity contribution in [3.05, 3.63) is 18.2 Å². The Labute approximate surface area is 120 Å². The molecule has 0 atom stereocenters. The van der Waals surface area contributed by atoms with Crippen molar-refractivity contribution in [2.24, 2.45) is 5.92 Å². The summed E-state index contributed by atoms with van der Waals surface area (Å²) in [5.41, 5.74) is 6.21. The maximum absolute atomic E-state index is 12.5. The minimum atomic E-state index is -3.44. The number of nitrogens with two attached hydrogens (primary N) is 1. The number of ether oxygens (including phenoxy) is 1. The van der Waals surface area contributed by atoms with Crippen LogP contribution >= 0.6 is 0 Å². The van der Waals surface area contributed by atoms with Gasteiger partial charge < -0.3 is 10.5 Å². The average Bonchev–Trinajstić information content (AvgIpc) is 2.41. The Morgan fingerprint density at radius 2 is 2.00 bits per heavy atom. The number of piperidine rings is 1. The SMILES string of the molecule is CCOc1ccc(S(=O)(=O)N2CCC(C)CC2)cc1N. The summed E-state index contributed by atoms with van der Waals surface area (Å²) in [4.78, 5) is 0.244. The van der Waals surface area contributed by atoms with Gasteiger partial charge in [0.25, 0.3) is 0 Å². The van der Waals surface area contributed by atoms with Crippen LogP contribution in [0.4, 0.5) is 5.69 Å². The van der Waals surface area contributed by atoms with Crippen LogP contribution in [-0.2, 0) is 10.0 Å². The van der Waals surface area contributed by atoms with E-state index < -0.39 is 10.0 Å². The molecule has 20 heavy (non-hydrogen) atoms. The van der Waals surface area contributed by atoms with Crippen molar-refractivity contribution < 1.29 is 13.2 Å². The number of sulfonamides is 1. The molecule has 1 fully saturated rings. The molecule has 0 amide bonds. The molecule has 0 radical (unpaired) electrons. The lowest BCUT2D eigenvalue weighted by Crippen LogP contribution is -2.37. The molecule has 0 unspecified atom stereocenters. The number of nitrogen functional groups attached to an aromatic ring is 1. The quantitative estimate of drug-likeness (QED) is 0.864. The number of anilines is 1. The van der Waals surface area contributed by atoms with Crippen LogP contribution in [0.2, 0.25) is 0 Å². The molecular formula is C14H22N2O3S. The summed E-state index contributed by atoms with van der Waals surface area (Å²) in [6.45, 7) is 5.67. The van der Waals surface area contributed by atoms with Crippen molar-refractivity contribution in [1.29, 1.82) is 0 Å². The molecule has 1 aromatic carbocycles. The zero-order chi connectivity index (χ0) is 14.8. The highest BCUT2D eigenvalue weighted by atomic mass is 32.2. The summed E-state index contributed by atoms with van der Waals surface area (Å²) in [5.74, 6) is 1.12. The van der Waals surface area contributed by atoms with Crippen molar-refractivity contribution in [3.63, 3.8) is 0 Å². The van der Waals surface area contributed by atoms with Gasteiger partial charge in [-0.05, 0) is 43.9 Å². The second-order valence-electron chi connectivity index (χ2n) is 5.22. The first-order valence-corrected chi connectivity index (χ1v) is 8.41. The highest BCUT2D eigenvalue weighted by Crippen LogP contribution is 2.28. The molecule has 6 heteroatoms. The summed E-state index contributed by atoms with van der Waals surface area (Å²) >= 11 is 0. The van der Waals surface area contributed by atoms with E-state index in [1.165, 1.54) is 6.07 Å². The third-order valence-corrected chi connectivity index (χ3v) is 5.56. The lowest BCUT2D eigenvalue weighted by Gasteiger charge is -2.29. The topological polar surface area (TPSA) is 72.6 Å². The summed E-state index contributed by atoms with van der Waals surface area (Å²) in [5, 5.41) is 0. The van der Waals surface area contributed by atoms with Crippen molar-refractivity contribution in [1.82, 2.24) is 4.31 Å². The van der Waals surface area contributed by atoms with Gasteiger partial charge in [-0.2, -0.15) is 4.31 Å². The van der Waals surface area contributed by atoms with E-state index in [-0.39, 0.29) is 4.90 Å². The average molecular weight is 298 g/mol. The molecule has 1 saturated heterocycles. The molecule has 0 saturated carbocycles. The van der Waals surface area contributed by atoms with Crippen LogP contribution in [0.3, 0.4) is 0 Å². The Morgan fingerprint density at radius 3 is 2.55 bits per heavy atom. The molecule has 1 aromatic rings. The molecule has 112 valence electrons. The van der Waals surface area contributed by atoms with Gasteiger partial charge in [-0.3, -0.25) is 0 Å². The van der Waals surface area contributed by atoms with E-state index in [0.29, 0.717) is 37.1 Å². The first kappa shape index (κ1) is 15.1. The molecule has 5 nitrogen and oxygen atoms in total. The third-order valence-electron chi connectivity index (χ3n) is 3.66. The Kier molecular flexibility index (Phi) is 4.55. The number of benzene rings is 1. The van der Waals surface area contributed by atoms with E-state index in [0.717, 1.165) is 12.8 Å². The van der Waals surface area contributed by atoms with Crippen LogP contribution in [0, 0.1) is 5.92 Å². The summed E-state index contributed by atoms with van der Waals surface area (Å²) < 4.78 is 32.0. The third kappa shape index (κ3) is 3.07. The second-order valence-corrected chi connectivity index (χ2v) is 7.16. The van der Waals surface area contributed by atoms with Crippen molar-refractivity contribution >= 4 is 15.7 Å². The number of nitrogens with zero attached hydrogens (tertiary/aromatic N) is 1. The highest BCUT2D eigenvalue weighted by molar-refractivity contribution is 7.89. The van der Waals surface area contributed by atoms with Crippen molar-refractivity contribution in [3.8, 4) is 5.75 Å². The monoisotopic (exact) mass is 298 g/mol. The van der Waals surface area contributed by atoms with Gasteiger partial charge in [-0.15, -0.1) is 0 Å². The smallest absolute Gasteiger partial charge is 0.243 e. The van der Waals surface area contributed by atoms with Crippen molar-refractivity contribution in [2.75, 3.05) is 25.4 Å². The van der Waals surface area contributed by atoms with Gasteiger partial charge in [0.05, 0.1) is 17.2 Å². The molecule has 0 aliphatic carbocycles. The van der Waals surface area contributed by atoms with E-state index in [1.807, 2.05) is 6.92 Å². The molecule has 0 bridgehead atoms. The highest BCUT2D eigenvalue weighted by Gasteiger charge is 2.28. The van der Waals surface area contributed by atoms with Crippen LogP contribution in [0.25, 0.3) is 0 Å². The predicted molar refractivity (Wildman–Crippen MR) is 79.2 cm³/mol. The minimum absolute atomic E-state index is 0.244. The van der Waals surface area contributed by atoms with Gasteiger partial charge in [-0.25, -0.2) is 8.42 Å². The molecule has 2 N–H and O–H groups in total. The number of hydrogen-bond donors (Lipinski definition) is 1. The van der Waals surface area contributed by atoms with Gasteiger partial charge in [0.15, 0.2) is 0 Å². The molecular weight excluding hydrogens is 276 g/mol. The summed E-state index contributed by atoms with van der Waals surface area (Å²) in [7, 11) is -3.44. The molecule has 1 heterocycles. The Morgan fingerprint density at radius 1 is 1.35 bits per heavy atom. The normalized spacial score (nSPS) is 18.1. The van der Waals surface area contributed by atoms with Gasteiger partial charge in [0.2, 0.25) is 10.0 Å². The maximum Gasteiger partial charge on any atom is 0.243 e. The zero-order valence-electron chi connectivity index (χ0n) is 12.0. The van der Waals surface area contributed by atoms with Gasteiger partial charge in [-0.1, -0.05) is 6.92 Å². The van der Waals surface area contributed by atoms with E-state index in [1.54, 1.807) is 16.4 Å². The van der Waals surface area contributed by atoms with Crippen LogP contribution < -0.4 is 10.5 Å². The van der Waals surface area contributed by atoms with Crippen LogP contribution in [0.5, 0.6) is 5.75 Å². The maximum atomic E-state index is 12.5. The van der Waals surface area contributed by atoms with Crippen molar-refractivity contribution in [2.45, 2.75) is 31.6 Å². The second kappa shape index (κ2) is 6.01. The molecule has 1 aliphatic rings. The largest absolute Gasteiger partial charge is 0.492 e. The standard InChI is InChI=1S/C14H22N2O3S/c1-3-19-14-5-4-12(10-13(14)15)20(17,18)16-8-6-11(2)7-9-16/h4-5,10-11H,3,6-9,15H2,1-2H3. The lowest BCUT2D eigenvalue weighted by molar-refractivity contribution is 0.288. The molecule has 1 aliphatic heterocycles. The Hall–Kier alpha value is -1.27. The van der Waals surface area contributed by atoms with Crippen LogP contribution in [0.1, 0.15) is 26.7 Å². The minimum Gasteiger partial charge on any atom is -0.492 e. The van der Waals surface area contributed by atoms with Gasteiger partial charge in [0.1, 0.15) is 5.75 Å². The van der Waals surface area contributed by atoms with Crippen LogP contribution in [0.15, 0.2) is 23.1 Å². The lowest BCUT2D eigenvalue weighted by atomic mass is 10.0. The fraction of sp³-hybridized carbons (Fsp3) is 0.571. The Balaban J connectivity index is 2.23. The summed E-state index contributed by atoms with van der Waals surface area (Å²) in [6, 6.07) is 4.67. The summed E-state index contributed by atoms with van der Waals surface area (Å²) in [6.07, 6.45) is 1.82. The fourth-order valence-corrected chi connectivity index (χ4v) is 3.85. The van der Waals surface area contributed by atoms with E-state index >= 15 is 0 Å². The van der Waals surface area contributed by atoms with Crippen LogP contribution in [-0.4, -0.2) is 32.4 Å². The fourth-order valence-electron chi connectivity index (χ4n) is 2.35. The van der Waals surface area contributed by atoms with E-state index in [9.17, 15) is 8.42 Å². The first-order chi connectivity index (χ1) is 9.45. The van der Waals surface area contributed by atoms with E-state index in [4.69, 9.17) is 10.5 Å².